The molecule has 1 N–H and O–H groups in total. The van der Waals surface area contributed by atoms with Gasteiger partial charge in [-0.15, -0.1) is 0 Å². The molecule has 0 aliphatic rings. The lowest BCUT2D eigenvalue weighted by molar-refractivity contribution is 0.0694. The first kappa shape index (κ1) is 13.5. The van der Waals surface area contributed by atoms with Gasteiger partial charge in [0.25, 0.3) is 0 Å². The van der Waals surface area contributed by atoms with Crippen molar-refractivity contribution in [3.63, 3.8) is 0 Å². The normalized spacial score (nSPS) is 10.4. The van der Waals surface area contributed by atoms with Gasteiger partial charge < -0.3 is 5.11 Å². The Balaban J connectivity index is 2.26. The van der Waals surface area contributed by atoms with E-state index in [1.165, 1.54) is 23.5 Å². The highest BCUT2D eigenvalue weighted by atomic mass is 32.2. The van der Waals surface area contributed by atoms with Crippen LogP contribution in [0.25, 0.3) is 0 Å². The van der Waals surface area contributed by atoms with Gasteiger partial charge in [0, 0.05) is 11.1 Å². The van der Waals surface area contributed by atoms with Crippen LogP contribution in [0.3, 0.4) is 0 Å². The predicted molar refractivity (Wildman–Crippen MR) is 73.7 cm³/mol. The van der Waals surface area contributed by atoms with Gasteiger partial charge in [0.2, 0.25) is 0 Å². The summed E-state index contributed by atoms with van der Waals surface area (Å²) in [6.07, 6.45) is 1.95. The molecule has 0 aliphatic heterocycles. The minimum Gasteiger partial charge on any atom is -0.478 e. The molecular formula is C14H14N2O2S. The van der Waals surface area contributed by atoms with Crippen LogP contribution in [-0.4, -0.2) is 21.0 Å². The number of carboxylic acid groups (broad SMARTS) is 1. The van der Waals surface area contributed by atoms with Crippen LogP contribution < -0.4 is 0 Å². The number of carboxylic acids is 1. The Labute approximate surface area is 115 Å². The Bertz CT molecular complexity index is 597. The third kappa shape index (κ3) is 3.32. The van der Waals surface area contributed by atoms with Gasteiger partial charge in [0.15, 0.2) is 5.16 Å². The number of nitrogens with zero attached hydrogens (tertiary/aromatic N) is 2. The van der Waals surface area contributed by atoms with E-state index in [1.807, 2.05) is 38.1 Å². The van der Waals surface area contributed by atoms with Gasteiger partial charge in [0.05, 0.1) is 11.3 Å². The molecule has 5 heteroatoms. The molecule has 0 bridgehead atoms. The van der Waals surface area contributed by atoms with Crippen LogP contribution in [0.2, 0.25) is 0 Å². The third-order valence-corrected chi connectivity index (χ3v) is 3.53. The maximum absolute atomic E-state index is 11.0. The molecule has 2 rings (SSSR count). The van der Waals surface area contributed by atoms with Crippen LogP contribution in [0.1, 0.15) is 28.5 Å². The SMILES string of the molecule is CCc1nc(Sc2ccc(C)cc2)ncc1C(=O)O. The van der Waals surface area contributed by atoms with Crippen molar-refractivity contribution in [3.8, 4) is 0 Å². The summed E-state index contributed by atoms with van der Waals surface area (Å²) in [5.41, 5.74) is 1.94. The Morgan fingerprint density at radius 2 is 2.00 bits per heavy atom. The summed E-state index contributed by atoms with van der Waals surface area (Å²) < 4.78 is 0. The molecule has 0 spiro atoms. The summed E-state index contributed by atoms with van der Waals surface area (Å²) in [5.74, 6) is -0.983. The number of benzene rings is 1. The standard InChI is InChI=1S/C14H14N2O2S/c1-3-12-11(13(17)18)8-15-14(16-12)19-10-6-4-9(2)5-7-10/h4-8H,3H2,1-2H3,(H,17,18). The van der Waals surface area contributed by atoms with Crippen LogP contribution in [0, 0.1) is 6.92 Å². The molecule has 1 aromatic heterocycles. The van der Waals surface area contributed by atoms with Crippen molar-refractivity contribution in [1.82, 2.24) is 9.97 Å². The Hall–Kier alpha value is -1.88. The molecule has 1 aromatic carbocycles. The van der Waals surface area contributed by atoms with Crippen molar-refractivity contribution in [2.75, 3.05) is 0 Å². The lowest BCUT2D eigenvalue weighted by Crippen LogP contribution is -2.06. The van der Waals surface area contributed by atoms with Gasteiger partial charge in [-0.1, -0.05) is 24.6 Å². The third-order valence-electron chi connectivity index (χ3n) is 2.64. The summed E-state index contributed by atoms with van der Waals surface area (Å²) in [6.45, 7) is 3.91. The van der Waals surface area contributed by atoms with Gasteiger partial charge in [-0.25, -0.2) is 14.8 Å². The lowest BCUT2D eigenvalue weighted by Gasteiger charge is -2.05. The predicted octanol–water partition coefficient (Wildman–Crippen LogP) is 3.20. The molecule has 2 aromatic rings. The Kier molecular flexibility index (Phi) is 4.16. The number of aryl methyl sites for hydroxylation is 2. The average Bonchev–Trinajstić information content (AvgIpc) is 2.41. The quantitative estimate of drug-likeness (QED) is 0.867. The summed E-state index contributed by atoms with van der Waals surface area (Å²) >= 11 is 1.43. The fourth-order valence-electron chi connectivity index (χ4n) is 1.61. The number of carbonyl (C=O) groups is 1. The van der Waals surface area contributed by atoms with Crippen molar-refractivity contribution in [3.05, 3.63) is 47.3 Å². The van der Waals surface area contributed by atoms with Crippen LogP contribution in [0.5, 0.6) is 0 Å². The largest absolute Gasteiger partial charge is 0.478 e. The molecular weight excluding hydrogens is 260 g/mol. The molecule has 0 unspecified atom stereocenters. The molecule has 98 valence electrons. The molecule has 0 aliphatic carbocycles. The van der Waals surface area contributed by atoms with Crippen molar-refractivity contribution >= 4 is 17.7 Å². The van der Waals surface area contributed by atoms with Crippen molar-refractivity contribution in [2.45, 2.75) is 30.3 Å². The lowest BCUT2D eigenvalue weighted by atomic mass is 10.2. The maximum Gasteiger partial charge on any atom is 0.339 e. The van der Waals surface area contributed by atoms with E-state index in [1.54, 1.807) is 0 Å². The minimum atomic E-state index is -0.983. The van der Waals surface area contributed by atoms with Crippen LogP contribution in [0.15, 0.2) is 40.5 Å². The molecule has 19 heavy (non-hydrogen) atoms. The molecule has 4 nitrogen and oxygen atoms in total. The number of rotatable bonds is 4. The molecule has 0 amide bonds. The molecule has 0 saturated heterocycles. The first-order valence-electron chi connectivity index (χ1n) is 5.94. The second-order valence-electron chi connectivity index (χ2n) is 4.09. The molecule has 0 saturated carbocycles. The fourth-order valence-corrected chi connectivity index (χ4v) is 2.35. The smallest absolute Gasteiger partial charge is 0.339 e. The van der Waals surface area contributed by atoms with Gasteiger partial charge in [0.1, 0.15) is 0 Å². The monoisotopic (exact) mass is 274 g/mol. The summed E-state index contributed by atoms with van der Waals surface area (Å²) in [6, 6.07) is 8.05. The van der Waals surface area contributed by atoms with Crippen LogP contribution >= 0.6 is 11.8 Å². The average molecular weight is 274 g/mol. The van der Waals surface area contributed by atoms with Crippen LogP contribution in [0.4, 0.5) is 0 Å². The number of hydrogen-bond donors (Lipinski definition) is 1. The van der Waals surface area contributed by atoms with Crippen molar-refractivity contribution in [2.24, 2.45) is 0 Å². The van der Waals surface area contributed by atoms with E-state index in [-0.39, 0.29) is 5.56 Å². The van der Waals surface area contributed by atoms with E-state index in [0.29, 0.717) is 17.3 Å². The second kappa shape index (κ2) is 5.84. The van der Waals surface area contributed by atoms with E-state index in [4.69, 9.17) is 5.11 Å². The van der Waals surface area contributed by atoms with Crippen molar-refractivity contribution in [1.29, 1.82) is 0 Å². The zero-order valence-corrected chi connectivity index (χ0v) is 11.6. The van der Waals surface area contributed by atoms with Gasteiger partial charge in [-0.2, -0.15) is 0 Å². The zero-order valence-electron chi connectivity index (χ0n) is 10.8. The van der Waals surface area contributed by atoms with Gasteiger partial charge in [-0.05, 0) is 37.2 Å². The van der Waals surface area contributed by atoms with Crippen LogP contribution in [-0.2, 0) is 6.42 Å². The number of aromatic nitrogens is 2. The topological polar surface area (TPSA) is 63.1 Å². The first-order valence-corrected chi connectivity index (χ1v) is 6.75. The highest BCUT2D eigenvalue weighted by Crippen LogP contribution is 2.25. The highest BCUT2D eigenvalue weighted by Gasteiger charge is 2.12. The Morgan fingerprint density at radius 1 is 1.32 bits per heavy atom. The molecule has 1 heterocycles. The molecule has 0 atom stereocenters. The van der Waals surface area contributed by atoms with Crippen molar-refractivity contribution < 1.29 is 9.90 Å². The fraction of sp³-hybridized carbons (Fsp3) is 0.214. The summed E-state index contributed by atoms with van der Waals surface area (Å²) in [4.78, 5) is 20.4. The van der Waals surface area contributed by atoms with E-state index in [0.717, 1.165) is 4.90 Å². The highest BCUT2D eigenvalue weighted by molar-refractivity contribution is 7.99. The Morgan fingerprint density at radius 3 is 2.58 bits per heavy atom. The number of aromatic carboxylic acids is 1. The first-order chi connectivity index (χ1) is 9.10. The van der Waals surface area contributed by atoms with E-state index in [2.05, 4.69) is 9.97 Å². The second-order valence-corrected chi connectivity index (χ2v) is 5.13. The van der Waals surface area contributed by atoms with Gasteiger partial charge in [-0.3, -0.25) is 0 Å². The minimum absolute atomic E-state index is 0.177. The van der Waals surface area contributed by atoms with Gasteiger partial charge >= 0.3 is 5.97 Å². The summed E-state index contributed by atoms with van der Waals surface area (Å²) in [5, 5.41) is 9.60. The number of hydrogen-bond acceptors (Lipinski definition) is 4. The zero-order chi connectivity index (χ0) is 13.8. The van der Waals surface area contributed by atoms with E-state index in [9.17, 15) is 4.79 Å². The molecule has 0 fully saturated rings. The molecule has 0 radical (unpaired) electrons. The van der Waals surface area contributed by atoms with E-state index >= 15 is 0 Å². The maximum atomic E-state index is 11.0. The summed E-state index contributed by atoms with van der Waals surface area (Å²) in [7, 11) is 0. The van der Waals surface area contributed by atoms with E-state index < -0.39 is 5.97 Å².